The highest BCUT2D eigenvalue weighted by Crippen LogP contribution is 2.25. The van der Waals surface area contributed by atoms with E-state index in [9.17, 15) is 4.39 Å². The number of nitrogens with zero attached hydrogens (tertiary/aromatic N) is 2. The maximum Gasteiger partial charge on any atom is 0.401 e. The van der Waals surface area contributed by atoms with Crippen LogP contribution in [-0.2, 0) is 0 Å². The van der Waals surface area contributed by atoms with Crippen molar-refractivity contribution in [2.45, 2.75) is 0 Å². The van der Waals surface area contributed by atoms with Crippen LogP contribution in [0.4, 0.5) is 10.1 Å². The Labute approximate surface area is 65.4 Å². The van der Waals surface area contributed by atoms with E-state index in [2.05, 4.69) is 20.9 Å². The van der Waals surface area contributed by atoms with Crippen molar-refractivity contribution < 1.29 is 4.39 Å². The molecule has 0 amide bonds. The van der Waals surface area contributed by atoms with E-state index in [0.29, 0.717) is 4.47 Å². The van der Waals surface area contributed by atoms with Gasteiger partial charge >= 0.3 is 5.69 Å². The summed E-state index contributed by atoms with van der Waals surface area (Å²) in [5.74, 6) is -0.420. The first-order valence-corrected chi connectivity index (χ1v) is 3.33. The third-order valence-corrected chi connectivity index (χ3v) is 1.69. The summed E-state index contributed by atoms with van der Waals surface area (Å²) in [7, 11) is 0. The monoisotopic (exact) mass is 201 g/mol. The largest absolute Gasteiger partial charge is 0.401 e. The standard InChI is InChI=1S/C6H3BrFN2/c7-5-2-1-4(8)3-6(5)10-9/h1-3H/q+1. The Morgan fingerprint density at radius 3 is 2.70 bits per heavy atom. The Hall–Kier alpha value is -0.950. The van der Waals surface area contributed by atoms with Crippen LogP contribution in [0.3, 0.4) is 0 Å². The highest BCUT2D eigenvalue weighted by Gasteiger charge is 2.11. The summed E-state index contributed by atoms with van der Waals surface area (Å²) in [6.45, 7) is 0. The molecule has 1 rings (SSSR count). The van der Waals surface area contributed by atoms with Crippen LogP contribution in [0.25, 0.3) is 4.98 Å². The van der Waals surface area contributed by atoms with Gasteiger partial charge in [0, 0.05) is 0 Å². The van der Waals surface area contributed by atoms with E-state index < -0.39 is 5.82 Å². The van der Waals surface area contributed by atoms with Gasteiger partial charge in [-0.15, -0.1) is 0 Å². The average Bonchev–Trinajstić information content (AvgIpc) is 1.94. The van der Waals surface area contributed by atoms with Gasteiger partial charge in [-0.3, -0.25) is 0 Å². The smallest absolute Gasteiger partial charge is 0.207 e. The number of hydrogen-bond donors (Lipinski definition) is 0. The molecule has 0 heterocycles. The summed E-state index contributed by atoms with van der Waals surface area (Å²) < 4.78 is 12.9. The topological polar surface area (TPSA) is 28.1 Å². The lowest BCUT2D eigenvalue weighted by atomic mass is 10.3. The van der Waals surface area contributed by atoms with Gasteiger partial charge in [-0.25, -0.2) is 4.39 Å². The molecule has 0 aliphatic carbocycles. The molecule has 50 valence electrons. The van der Waals surface area contributed by atoms with Crippen LogP contribution in [0.15, 0.2) is 22.7 Å². The van der Waals surface area contributed by atoms with Gasteiger partial charge in [0.2, 0.25) is 5.39 Å². The van der Waals surface area contributed by atoms with Gasteiger partial charge in [-0.2, -0.15) is 0 Å². The molecule has 0 saturated heterocycles. The molecule has 1 aromatic carbocycles. The number of halogens is 2. The zero-order chi connectivity index (χ0) is 7.56. The second-order valence-corrected chi connectivity index (χ2v) is 2.55. The summed E-state index contributed by atoms with van der Waals surface area (Å²) in [6, 6.07) is 3.88. The fourth-order valence-corrected chi connectivity index (χ4v) is 0.888. The van der Waals surface area contributed by atoms with Crippen molar-refractivity contribution >= 4 is 21.6 Å². The minimum atomic E-state index is -0.420. The molecule has 0 aromatic heterocycles. The molecule has 0 fully saturated rings. The van der Waals surface area contributed by atoms with Gasteiger partial charge in [0.25, 0.3) is 0 Å². The molecule has 0 N–H and O–H groups in total. The molecule has 0 spiro atoms. The Kier molecular flexibility index (Phi) is 1.97. The third-order valence-electron chi connectivity index (χ3n) is 1.02. The summed E-state index contributed by atoms with van der Waals surface area (Å²) in [5.41, 5.74) is 0.194. The van der Waals surface area contributed by atoms with E-state index in [0.717, 1.165) is 6.07 Å². The first-order chi connectivity index (χ1) is 4.74. The SMILES string of the molecule is N#[N+]c1cc(F)ccc1Br. The predicted octanol–water partition coefficient (Wildman–Crippen LogP) is 3.07. The number of benzene rings is 1. The molecular weight excluding hydrogens is 199 g/mol. The van der Waals surface area contributed by atoms with E-state index in [-0.39, 0.29) is 5.69 Å². The number of rotatable bonds is 0. The molecule has 0 aliphatic rings. The van der Waals surface area contributed by atoms with Crippen molar-refractivity contribution in [3.8, 4) is 0 Å². The van der Waals surface area contributed by atoms with Crippen LogP contribution >= 0.6 is 15.9 Å². The van der Waals surface area contributed by atoms with Crippen LogP contribution < -0.4 is 0 Å². The van der Waals surface area contributed by atoms with E-state index in [1.807, 2.05) is 0 Å². The van der Waals surface area contributed by atoms with Gasteiger partial charge in [0.05, 0.1) is 6.07 Å². The Morgan fingerprint density at radius 1 is 1.50 bits per heavy atom. The maximum atomic E-state index is 12.3. The molecule has 4 heteroatoms. The summed E-state index contributed by atoms with van der Waals surface area (Å²) in [5, 5.41) is 8.27. The Morgan fingerprint density at radius 2 is 2.20 bits per heavy atom. The van der Waals surface area contributed by atoms with Crippen molar-refractivity contribution in [3.05, 3.63) is 33.5 Å². The van der Waals surface area contributed by atoms with Crippen molar-refractivity contribution in [2.75, 3.05) is 0 Å². The summed E-state index contributed by atoms with van der Waals surface area (Å²) >= 11 is 3.07. The van der Waals surface area contributed by atoms with E-state index >= 15 is 0 Å². The first kappa shape index (κ1) is 7.16. The normalized spacial score (nSPS) is 8.90. The van der Waals surface area contributed by atoms with Crippen molar-refractivity contribution in [1.82, 2.24) is 0 Å². The minimum Gasteiger partial charge on any atom is -0.207 e. The Balaban J connectivity index is 3.25. The lowest BCUT2D eigenvalue weighted by Gasteiger charge is -1.83. The van der Waals surface area contributed by atoms with Gasteiger partial charge in [-0.1, -0.05) is 0 Å². The average molecular weight is 202 g/mol. The van der Waals surface area contributed by atoms with Crippen LogP contribution in [0, 0.1) is 11.2 Å². The summed E-state index contributed by atoms with van der Waals surface area (Å²) in [6.07, 6.45) is 0. The van der Waals surface area contributed by atoms with Gasteiger partial charge in [0.15, 0.2) is 4.98 Å². The molecule has 0 radical (unpaired) electrons. The zero-order valence-corrected chi connectivity index (χ0v) is 6.47. The first-order valence-electron chi connectivity index (χ1n) is 2.54. The van der Waals surface area contributed by atoms with Gasteiger partial charge < -0.3 is 0 Å². The lowest BCUT2D eigenvalue weighted by molar-refractivity contribution is 0.628. The zero-order valence-electron chi connectivity index (χ0n) is 4.88. The van der Waals surface area contributed by atoms with E-state index in [4.69, 9.17) is 5.39 Å². The number of diazo groups is 1. The molecule has 0 bridgehead atoms. The quantitative estimate of drug-likeness (QED) is 0.594. The fourth-order valence-electron chi connectivity index (χ4n) is 0.562. The highest BCUT2D eigenvalue weighted by atomic mass is 79.9. The molecule has 0 aliphatic heterocycles. The summed E-state index contributed by atoms with van der Waals surface area (Å²) in [4.78, 5) is 2.84. The van der Waals surface area contributed by atoms with Crippen LogP contribution in [0.1, 0.15) is 0 Å². The second kappa shape index (κ2) is 2.76. The molecule has 0 saturated carbocycles. The van der Waals surface area contributed by atoms with Crippen LogP contribution in [-0.4, -0.2) is 0 Å². The fraction of sp³-hybridized carbons (Fsp3) is 0. The minimum absolute atomic E-state index is 0.194. The molecular formula is C6H3BrFN2+. The van der Waals surface area contributed by atoms with E-state index in [1.165, 1.54) is 12.1 Å². The molecule has 0 unspecified atom stereocenters. The molecule has 1 aromatic rings. The van der Waals surface area contributed by atoms with Gasteiger partial charge in [-0.05, 0) is 28.1 Å². The second-order valence-electron chi connectivity index (χ2n) is 1.70. The van der Waals surface area contributed by atoms with Crippen molar-refractivity contribution in [3.63, 3.8) is 0 Å². The number of hydrogen-bond acceptors (Lipinski definition) is 1. The van der Waals surface area contributed by atoms with Crippen molar-refractivity contribution in [1.29, 1.82) is 5.39 Å². The molecule has 2 nitrogen and oxygen atoms in total. The maximum absolute atomic E-state index is 12.3. The Bertz CT molecular complexity index is 292. The lowest BCUT2D eigenvalue weighted by Crippen LogP contribution is -1.71. The van der Waals surface area contributed by atoms with Gasteiger partial charge in [0.1, 0.15) is 10.3 Å². The molecule has 10 heavy (non-hydrogen) atoms. The molecule has 0 atom stereocenters. The van der Waals surface area contributed by atoms with Crippen LogP contribution in [0.2, 0.25) is 0 Å². The highest BCUT2D eigenvalue weighted by molar-refractivity contribution is 9.10. The van der Waals surface area contributed by atoms with E-state index in [1.54, 1.807) is 0 Å². The van der Waals surface area contributed by atoms with Crippen molar-refractivity contribution in [2.24, 2.45) is 0 Å². The third kappa shape index (κ3) is 1.31. The van der Waals surface area contributed by atoms with Crippen LogP contribution in [0.5, 0.6) is 0 Å². The predicted molar refractivity (Wildman–Crippen MR) is 38.8 cm³/mol.